The van der Waals surface area contributed by atoms with Crippen molar-refractivity contribution in [3.63, 3.8) is 0 Å². The zero-order chi connectivity index (χ0) is 16.0. The van der Waals surface area contributed by atoms with Gasteiger partial charge in [0.05, 0.1) is 13.0 Å². The Morgan fingerprint density at radius 1 is 1.29 bits per heavy atom. The van der Waals surface area contributed by atoms with Gasteiger partial charge in [0.2, 0.25) is 0 Å². The number of aryl methyl sites for hydroxylation is 1. The molecule has 0 aliphatic carbocycles. The average Bonchev–Trinajstić information content (AvgIpc) is 2.38. The first-order valence-electron chi connectivity index (χ1n) is 7.17. The summed E-state index contributed by atoms with van der Waals surface area (Å²) in [7, 11) is 0. The van der Waals surface area contributed by atoms with Crippen molar-refractivity contribution >= 4 is 17.7 Å². The predicted octanol–water partition coefficient (Wildman–Crippen LogP) is 2.57. The summed E-state index contributed by atoms with van der Waals surface area (Å²) >= 11 is 1.52. The van der Waals surface area contributed by atoms with Crippen molar-refractivity contribution in [3.8, 4) is 0 Å². The fraction of sp³-hybridized carbons (Fsp3) is 0.667. The van der Waals surface area contributed by atoms with Gasteiger partial charge in [0.25, 0.3) is 5.56 Å². The Labute approximate surface area is 129 Å². The minimum absolute atomic E-state index is 0.0317. The number of nitrogens with one attached hydrogen (secondary N) is 1. The summed E-state index contributed by atoms with van der Waals surface area (Å²) in [4.78, 5) is 30.9. The second kappa shape index (κ2) is 8.22. The van der Waals surface area contributed by atoms with Crippen molar-refractivity contribution in [2.45, 2.75) is 46.2 Å². The van der Waals surface area contributed by atoms with Crippen molar-refractivity contribution < 1.29 is 9.53 Å². The first kappa shape index (κ1) is 17.8. The molecule has 21 heavy (non-hydrogen) atoms. The summed E-state index contributed by atoms with van der Waals surface area (Å²) in [5.41, 5.74) is 0.722. The van der Waals surface area contributed by atoms with E-state index in [9.17, 15) is 9.59 Å². The average molecular weight is 312 g/mol. The molecule has 0 radical (unpaired) electrons. The molecule has 0 aliphatic heterocycles. The zero-order valence-corrected chi connectivity index (χ0v) is 14.2. The molecule has 0 spiro atoms. The Morgan fingerprint density at radius 2 is 1.95 bits per heavy atom. The lowest BCUT2D eigenvalue weighted by molar-refractivity contribution is -0.143. The number of hydrogen-bond acceptors (Lipinski definition) is 5. The largest absolute Gasteiger partial charge is 0.465 e. The molecule has 6 heteroatoms. The van der Waals surface area contributed by atoms with Gasteiger partial charge in [-0.05, 0) is 18.8 Å². The molecule has 0 amide bonds. The van der Waals surface area contributed by atoms with Crippen LogP contribution in [0, 0.1) is 18.8 Å². The highest BCUT2D eigenvalue weighted by Gasteiger charge is 2.14. The molecule has 1 heterocycles. The van der Waals surface area contributed by atoms with Gasteiger partial charge in [-0.25, -0.2) is 4.98 Å². The number of esters is 1. The fourth-order valence-corrected chi connectivity index (χ4v) is 2.42. The van der Waals surface area contributed by atoms with Gasteiger partial charge in [-0.3, -0.25) is 9.59 Å². The van der Waals surface area contributed by atoms with E-state index in [1.165, 1.54) is 11.8 Å². The minimum Gasteiger partial charge on any atom is -0.465 e. The molecule has 0 atom stereocenters. The third-order valence-electron chi connectivity index (χ3n) is 2.65. The smallest absolute Gasteiger partial charge is 0.310 e. The molecule has 0 unspecified atom stereocenters. The van der Waals surface area contributed by atoms with Gasteiger partial charge in [0.1, 0.15) is 0 Å². The van der Waals surface area contributed by atoms with E-state index >= 15 is 0 Å². The van der Waals surface area contributed by atoms with Crippen LogP contribution in [0.25, 0.3) is 0 Å². The van der Waals surface area contributed by atoms with Crippen LogP contribution in [0.2, 0.25) is 0 Å². The molecule has 0 aliphatic rings. The summed E-state index contributed by atoms with van der Waals surface area (Å²) < 4.78 is 5.10. The summed E-state index contributed by atoms with van der Waals surface area (Å²) in [5, 5.41) is 0.602. The Balaban J connectivity index is 2.76. The van der Waals surface area contributed by atoms with Crippen molar-refractivity contribution in [3.05, 3.63) is 21.6 Å². The quantitative estimate of drug-likeness (QED) is 0.476. The maximum absolute atomic E-state index is 12.1. The molecule has 1 aromatic rings. The highest BCUT2D eigenvalue weighted by atomic mass is 32.2. The van der Waals surface area contributed by atoms with E-state index in [0.29, 0.717) is 28.9 Å². The summed E-state index contributed by atoms with van der Waals surface area (Å²) in [5.74, 6) is 1.30. The highest BCUT2D eigenvalue weighted by molar-refractivity contribution is 7.99. The van der Waals surface area contributed by atoms with Gasteiger partial charge >= 0.3 is 5.97 Å². The number of rotatable bonds is 7. The van der Waals surface area contributed by atoms with Crippen LogP contribution in [0.5, 0.6) is 0 Å². The number of thioether (sulfide) groups is 1. The summed E-state index contributed by atoms with van der Waals surface area (Å²) in [6.07, 6.45) is -0.0317. The SMILES string of the molecule is Cc1nc(SCC(C)C)[nH]c(=O)c1CC(=O)OCC(C)C. The standard InChI is InChI=1S/C15H24N2O3S/c1-9(2)7-20-13(18)6-12-11(5)16-15(17-14(12)19)21-8-10(3)4/h9-10H,6-8H2,1-5H3,(H,16,17,19). The first-order valence-corrected chi connectivity index (χ1v) is 8.16. The van der Waals surface area contributed by atoms with Crippen LogP contribution in [-0.4, -0.2) is 28.3 Å². The van der Waals surface area contributed by atoms with Crippen molar-refractivity contribution in [2.24, 2.45) is 11.8 Å². The lowest BCUT2D eigenvalue weighted by Gasteiger charge is -2.09. The molecule has 0 fully saturated rings. The van der Waals surface area contributed by atoms with E-state index in [1.54, 1.807) is 6.92 Å². The number of ether oxygens (including phenoxy) is 1. The van der Waals surface area contributed by atoms with Crippen LogP contribution in [0.4, 0.5) is 0 Å². The van der Waals surface area contributed by atoms with Gasteiger partial charge in [-0.15, -0.1) is 0 Å². The lowest BCUT2D eigenvalue weighted by Crippen LogP contribution is -2.22. The number of nitrogens with zero attached hydrogens (tertiary/aromatic N) is 1. The van der Waals surface area contributed by atoms with E-state index in [4.69, 9.17) is 4.74 Å². The fourth-order valence-electron chi connectivity index (χ4n) is 1.56. The summed E-state index contributed by atoms with van der Waals surface area (Å²) in [6, 6.07) is 0. The Bertz CT molecular complexity index is 538. The Kier molecular flexibility index (Phi) is 6.95. The minimum atomic E-state index is -0.387. The first-order chi connectivity index (χ1) is 9.79. The van der Waals surface area contributed by atoms with Crippen LogP contribution in [0.1, 0.15) is 39.0 Å². The number of aromatic amines is 1. The van der Waals surface area contributed by atoms with E-state index in [-0.39, 0.29) is 23.9 Å². The van der Waals surface area contributed by atoms with Gasteiger partial charge in [-0.1, -0.05) is 39.5 Å². The molecule has 118 valence electrons. The number of aromatic nitrogens is 2. The van der Waals surface area contributed by atoms with Crippen LogP contribution in [0.15, 0.2) is 9.95 Å². The third-order valence-corrected chi connectivity index (χ3v) is 3.95. The van der Waals surface area contributed by atoms with Gasteiger partial charge in [0, 0.05) is 17.0 Å². The summed E-state index contributed by atoms with van der Waals surface area (Å²) in [6.45, 7) is 10.3. The van der Waals surface area contributed by atoms with Crippen LogP contribution < -0.4 is 5.56 Å². The van der Waals surface area contributed by atoms with Crippen LogP contribution in [-0.2, 0) is 16.0 Å². The van der Waals surface area contributed by atoms with Crippen molar-refractivity contribution in [1.29, 1.82) is 0 Å². The van der Waals surface area contributed by atoms with E-state index < -0.39 is 0 Å². The lowest BCUT2D eigenvalue weighted by atomic mass is 10.2. The molecule has 0 saturated heterocycles. The third kappa shape index (κ3) is 6.33. The number of hydrogen-bond donors (Lipinski definition) is 1. The van der Waals surface area contributed by atoms with Crippen LogP contribution >= 0.6 is 11.8 Å². The molecule has 1 N–H and O–H groups in total. The maximum Gasteiger partial charge on any atom is 0.310 e. The zero-order valence-electron chi connectivity index (χ0n) is 13.4. The molecular weight excluding hydrogens is 288 g/mol. The maximum atomic E-state index is 12.1. The van der Waals surface area contributed by atoms with Gasteiger partial charge in [-0.2, -0.15) is 0 Å². The number of carbonyl (C=O) groups excluding carboxylic acids is 1. The molecule has 0 saturated carbocycles. The second-order valence-electron chi connectivity index (χ2n) is 5.89. The molecule has 0 bridgehead atoms. The Hall–Kier alpha value is -1.30. The van der Waals surface area contributed by atoms with Crippen molar-refractivity contribution in [2.75, 3.05) is 12.4 Å². The number of H-pyrrole nitrogens is 1. The molecule has 5 nitrogen and oxygen atoms in total. The molecule has 0 aromatic carbocycles. The monoisotopic (exact) mass is 312 g/mol. The molecule has 1 aromatic heterocycles. The molecular formula is C15H24N2O3S. The predicted molar refractivity (Wildman–Crippen MR) is 84.7 cm³/mol. The van der Waals surface area contributed by atoms with E-state index in [1.807, 2.05) is 13.8 Å². The topological polar surface area (TPSA) is 72.0 Å². The Morgan fingerprint density at radius 3 is 2.48 bits per heavy atom. The second-order valence-corrected chi connectivity index (χ2v) is 6.90. The highest BCUT2D eigenvalue weighted by Crippen LogP contribution is 2.16. The number of carbonyl (C=O) groups is 1. The van der Waals surface area contributed by atoms with E-state index in [2.05, 4.69) is 23.8 Å². The molecule has 1 rings (SSSR count). The van der Waals surface area contributed by atoms with Gasteiger partial charge in [0.15, 0.2) is 5.16 Å². The van der Waals surface area contributed by atoms with Gasteiger partial charge < -0.3 is 9.72 Å². The van der Waals surface area contributed by atoms with Crippen LogP contribution in [0.3, 0.4) is 0 Å². The normalized spacial score (nSPS) is 11.2. The van der Waals surface area contributed by atoms with Crippen molar-refractivity contribution in [1.82, 2.24) is 9.97 Å². The van der Waals surface area contributed by atoms with E-state index in [0.717, 1.165) is 5.75 Å².